The van der Waals surface area contributed by atoms with Crippen molar-refractivity contribution in [3.8, 4) is 0 Å². The number of rotatable bonds is 5. The Morgan fingerprint density at radius 2 is 2.04 bits per heavy atom. The summed E-state index contributed by atoms with van der Waals surface area (Å²) in [5.74, 6) is 0.393. The molecule has 0 atom stereocenters. The van der Waals surface area contributed by atoms with Crippen LogP contribution in [0.4, 0.5) is 11.5 Å². The average Bonchev–Trinajstić information content (AvgIpc) is 2.68. The summed E-state index contributed by atoms with van der Waals surface area (Å²) in [6.45, 7) is 4.95. The fourth-order valence-electron chi connectivity index (χ4n) is 2.84. The second kappa shape index (κ2) is 8.64. The molecule has 1 aromatic heterocycles. The van der Waals surface area contributed by atoms with Gasteiger partial charge < -0.3 is 14.5 Å². The number of amides is 1. The second-order valence-electron chi connectivity index (χ2n) is 6.68. The third-order valence-corrected chi connectivity index (χ3v) is 4.25. The van der Waals surface area contributed by atoms with Crippen LogP contribution < -0.4 is 10.3 Å². The number of hydrogen-bond donors (Lipinski definition) is 1. The number of nitrogens with zero attached hydrogens (tertiary/aromatic N) is 4. The summed E-state index contributed by atoms with van der Waals surface area (Å²) in [5, 5.41) is 4.28. The highest BCUT2D eigenvalue weighted by atomic mass is 16.5. The standard InChI is InChI=1S/C20H25N5O2/c1-15-5-4-6-16(11-15)14-21-23-19-13-17(25-7-9-27-10-8-25)12-18(22-19)20(26)24(2)3/h4-6,11-14H,7-10H2,1-3H3,(H,22,23). The van der Waals surface area contributed by atoms with Gasteiger partial charge in [-0.3, -0.25) is 10.2 Å². The first-order chi connectivity index (χ1) is 13.0. The van der Waals surface area contributed by atoms with Crippen molar-refractivity contribution in [2.75, 3.05) is 50.7 Å². The van der Waals surface area contributed by atoms with E-state index in [1.165, 1.54) is 10.5 Å². The van der Waals surface area contributed by atoms with Crippen LogP contribution in [0.15, 0.2) is 41.5 Å². The Balaban J connectivity index is 1.84. The zero-order valence-electron chi connectivity index (χ0n) is 16.0. The second-order valence-corrected chi connectivity index (χ2v) is 6.68. The number of aromatic nitrogens is 1. The van der Waals surface area contributed by atoms with Gasteiger partial charge in [0.2, 0.25) is 0 Å². The Bertz CT molecular complexity index is 829. The maximum Gasteiger partial charge on any atom is 0.272 e. The van der Waals surface area contributed by atoms with Crippen LogP contribution in [-0.4, -0.2) is 62.4 Å². The molecule has 7 nitrogen and oxygen atoms in total. The lowest BCUT2D eigenvalue weighted by Crippen LogP contribution is -2.36. The average molecular weight is 367 g/mol. The number of ether oxygens (including phenoxy) is 1. The number of aryl methyl sites for hydroxylation is 1. The van der Waals surface area contributed by atoms with Crippen molar-refractivity contribution in [3.63, 3.8) is 0 Å². The molecule has 27 heavy (non-hydrogen) atoms. The molecular formula is C20H25N5O2. The van der Waals surface area contributed by atoms with Crippen LogP contribution in [0.25, 0.3) is 0 Å². The minimum Gasteiger partial charge on any atom is -0.378 e. The van der Waals surface area contributed by atoms with E-state index in [-0.39, 0.29) is 5.91 Å². The summed E-state index contributed by atoms with van der Waals surface area (Å²) in [6.07, 6.45) is 1.74. The summed E-state index contributed by atoms with van der Waals surface area (Å²) < 4.78 is 5.42. The third kappa shape index (κ3) is 5.04. The van der Waals surface area contributed by atoms with Gasteiger partial charge >= 0.3 is 0 Å². The molecule has 0 saturated carbocycles. The van der Waals surface area contributed by atoms with Gasteiger partial charge in [0.05, 0.1) is 19.4 Å². The van der Waals surface area contributed by atoms with Crippen molar-refractivity contribution in [1.29, 1.82) is 0 Å². The number of carbonyl (C=O) groups excluding carboxylic acids is 1. The van der Waals surface area contributed by atoms with Crippen molar-refractivity contribution in [2.24, 2.45) is 5.10 Å². The Morgan fingerprint density at radius 1 is 1.26 bits per heavy atom. The minimum absolute atomic E-state index is 0.143. The third-order valence-electron chi connectivity index (χ3n) is 4.25. The highest BCUT2D eigenvalue weighted by molar-refractivity contribution is 5.93. The van der Waals surface area contributed by atoms with E-state index in [4.69, 9.17) is 4.74 Å². The quantitative estimate of drug-likeness (QED) is 0.649. The van der Waals surface area contributed by atoms with Gasteiger partial charge in [0, 0.05) is 38.9 Å². The molecule has 2 heterocycles. The van der Waals surface area contributed by atoms with Crippen LogP contribution in [0, 0.1) is 6.92 Å². The lowest BCUT2D eigenvalue weighted by Gasteiger charge is -2.29. The van der Waals surface area contributed by atoms with Gasteiger partial charge in [-0.1, -0.05) is 29.8 Å². The number of hydrogen-bond acceptors (Lipinski definition) is 6. The topological polar surface area (TPSA) is 70.1 Å². The fraction of sp³-hybridized carbons (Fsp3) is 0.350. The first-order valence-corrected chi connectivity index (χ1v) is 8.95. The molecular weight excluding hydrogens is 342 g/mol. The summed E-state index contributed by atoms with van der Waals surface area (Å²) >= 11 is 0. The number of hydrazone groups is 1. The largest absolute Gasteiger partial charge is 0.378 e. The van der Waals surface area contributed by atoms with E-state index in [0.717, 1.165) is 24.3 Å². The zero-order valence-corrected chi connectivity index (χ0v) is 16.0. The SMILES string of the molecule is Cc1cccc(C=NNc2cc(N3CCOCC3)cc(C(=O)N(C)C)n2)c1. The lowest BCUT2D eigenvalue weighted by atomic mass is 10.2. The number of carbonyl (C=O) groups is 1. The first kappa shape index (κ1) is 18.8. The number of pyridine rings is 1. The van der Waals surface area contributed by atoms with Crippen molar-refractivity contribution in [1.82, 2.24) is 9.88 Å². The zero-order chi connectivity index (χ0) is 19.2. The smallest absolute Gasteiger partial charge is 0.272 e. The Kier molecular flexibility index (Phi) is 6.03. The molecule has 1 saturated heterocycles. The summed E-state index contributed by atoms with van der Waals surface area (Å²) in [6, 6.07) is 11.8. The normalized spacial score (nSPS) is 14.4. The van der Waals surface area contributed by atoms with Crippen LogP contribution in [0.5, 0.6) is 0 Å². The molecule has 1 amide bonds. The number of morpholine rings is 1. The summed E-state index contributed by atoms with van der Waals surface area (Å²) in [7, 11) is 3.43. The molecule has 0 unspecified atom stereocenters. The summed E-state index contributed by atoms with van der Waals surface area (Å²) in [5.41, 5.74) is 6.45. The van der Waals surface area contributed by atoms with E-state index in [1.54, 1.807) is 20.3 Å². The van der Waals surface area contributed by atoms with E-state index in [1.807, 2.05) is 43.3 Å². The molecule has 7 heteroatoms. The van der Waals surface area contributed by atoms with E-state index in [9.17, 15) is 4.79 Å². The van der Waals surface area contributed by atoms with E-state index in [2.05, 4.69) is 20.4 Å². The number of benzene rings is 1. The molecule has 1 N–H and O–H groups in total. The van der Waals surface area contributed by atoms with Crippen molar-refractivity contribution >= 4 is 23.6 Å². The van der Waals surface area contributed by atoms with Gasteiger partial charge in [0.15, 0.2) is 0 Å². The van der Waals surface area contributed by atoms with Gasteiger partial charge in [0.1, 0.15) is 11.5 Å². The summed E-state index contributed by atoms with van der Waals surface area (Å²) in [4.78, 5) is 20.5. The molecule has 1 aliphatic heterocycles. The molecule has 1 aliphatic rings. The molecule has 0 spiro atoms. The molecule has 1 aromatic carbocycles. The predicted molar refractivity (Wildman–Crippen MR) is 108 cm³/mol. The maximum absolute atomic E-state index is 12.4. The fourth-order valence-corrected chi connectivity index (χ4v) is 2.84. The number of nitrogens with one attached hydrogen (secondary N) is 1. The molecule has 3 rings (SSSR count). The molecule has 142 valence electrons. The van der Waals surface area contributed by atoms with E-state index < -0.39 is 0 Å². The molecule has 1 fully saturated rings. The van der Waals surface area contributed by atoms with Crippen LogP contribution >= 0.6 is 0 Å². The monoisotopic (exact) mass is 367 g/mol. The van der Waals surface area contributed by atoms with Crippen molar-refractivity contribution < 1.29 is 9.53 Å². The van der Waals surface area contributed by atoms with Crippen molar-refractivity contribution in [3.05, 3.63) is 53.2 Å². The van der Waals surface area contributed by atoms with Gasteiger partial charge in [-0.05, 0) is 18.6 Å². The minimum atomic E-state index is -0.143. The van der Waals surface area contributed by atoms with Crippen LogP contribution in [0.3, 0.4) is 0 Å². The Hall–Kier alpha value is -2.93. The van der Waals surface area contributed by atoms with E-state index in [0.29, 0.717) is 24.7 Å². The molecule has 2 aromatic rings. The Morgan fingerprint density at radius 3 is 2.74 bits per heavy atom. The van der Waals surface area contributed by atoms with Gasteiger partial charge in [-0.25, -0.2) is 4.98 Å². The Labute approximate surface area is 159 Å². The lowest BCUT2D eigenvalue weighted by molar-refractivity contribution is 0.0822. The predicted octanol–water partition coefficient (Wildman–Crippen LogP) is 2.37. The van der Waals surface area contributed by atoms with Crippen LogP contribution in [-0.2, 0) is 4.74 Å². The van der Waals surface area contributed by atoms with Gasteiger partial charge in [-0.15, -0.1) is 0 Å². The molecule has 0 bridgehead atoms. The van der Waals surface area contributed by atoms with Crippen LogP contribution in [0.2, 0.25) is 0 Å². The van der Waals surface area contributed by atoms with Crippen molar-refractivity contribution in [2.45, 2.75) is 6.92 Å². The van der Waals surface area contributed by atoms with E-state index >= 15 is 0 Å². The maximum atomic E-state index is 12.4. The highest BCUT2D eigenvalue weighted by Gasteiger charge is 2.17. The van der Waals surface area contributed by atoms with Crippen LogP contribution in [0.1, 0.15) is 21.6 Å². The molecule has 0 aliphatic carbocycles. The molecule has 0 radical (unpaired) electrons. The highest BCUT2D eigenvalue weighted by Crippen LogP contribution is 2.21. The first-order valence-electron chi connectivity index (χ1n) is 8.95. The van der Waals surface area contributed by atoms with Gasteiger partial charge in [-0.2, -0.15) is 5.10 Å². The number of anilines is 2. The van der Waals surface area contributed by atoms with Gasteiger partial charge in [0.25, 0.3) is 5.91 Å².